The summed E-state index contributed by atoms with van der Waals surface area (Å²) in [4.78, 5) is 4.16. The molecule has 1 heterocycles. The molecule has 0 saturated heterocycles. The minimum atomic E-state index is -0.0439. The van der Waals surface area contributed by atoms with Crippen molar-refractivity contribution in [2.75, 3.05) is 0 Å². The summed E-state index contributed by atoms with van der Waals surface area (Å²) in [5.41, 5.74) is 7.72. The fourth-order valence-electron chi connectivity index (χ4n) is 1.52. The van der Waals surface area contributed by atoms with E-state index in [9.17, 15) is 0 Å². The van der Waals surface area contributed by atoms with E-state index in [1.807, 2.05) is 44.2 Å². The third kappa shape index (κ3) is 3.00. The van der Waals surface area contributed by atoms with Crippen LogP contribution in [-0.2, 0) is 0 Å². The third-order valence-electron chi connectivity index (χ3n) is 2.59. The van der Waals surface area contributed by atoms with E-state index in [-0.39, 0.29) is 6.04 Å². The molecule has 1 aromatic carbocycles. The minimum Gasteiger partial charge on any atom is -0.454 e. The molecule has 0 radical (unpaired) electrons. The molecule has 2 rings (SSSR count). The molecule has 0 aliphatic rings. The van der Waals surface area contributed by atoms with Crippen LogP contribution < -0.4 is 10.5 Å². The fourth-order valence-corrected chi connectivity index (χ4v) is 1.75. The van der Waals surface area contributed by atoms with Crippen LogP contribution in [0.15, 0.2) is 36.5 Å². The van der Waals surface area contributed by atoms with Gasteiger partial charge in [0.15, 0.2) is 0 Å². The molecule has 3 nitrogen and oxygen atoms in total. The van der Waals surface area contributed by atoms with E-state index in [2.05, 4.69) is 4.98 Å². The Balaban J connectivity index is 2.22. The molecule has 18 heavy (non-hydrogen) atoms. The number of benzene rings is 1. The minimum absolute atomic E-state index is 0.0439. The van der Waals surface area contributed by atoms with Crippen LogP contribution in [0.25, 0.3) is 0 Å². The van der Waals surface area contributed by atoms with Crippen LogP contribution in [0.5, 0.6) is 11.5 Å². The summed E-state index contributed by atoms with van der Waals surface area (Å²) in [6.45, 7) is 3.84. The topological polar surface area (TPSA) is 48.1 Å². The number of nitrogens with two attached hydrogens (primary N) is 1. The Kier molecular flexibility index (Phi) is 3.84. The molecular formula is C14H15ClN2O. The van der Waals surface area contributed by atoms with Crippen molar-refractivity contribution in [3.05, 3.63) is 52.8 Å². The lowest BCUT2D eigenvalue weighted by atomic mass is 10.1. The van der Waals surface area contributed by atoms with Gasteiger partial charge in [-0.15, -0.1) is 0 Å². The van der Waals surface area contributed by atoms with E-state index in [1.54, 1.807) is 6.20 Å². The maximum Gasteiger partial charge on any atom is 0.146 e. The lowest BCUT2D eigenvalue weighted by Gasteiger charge is -2.10. The summed E-state index contributed by atoms with van der Waals surface area (Å²) in [6, 6.07) is 9.26. The van der Waals surface area contributed by atoms with Crippen molar-refractivity contribution < 1.29 is 4.74 Å². The molecule has 0 amide bonds. The second-order valence-electron chi connectivity index (χ2n) is 4.22. The first kappa shape index (κ1) is 12.9. The van der Waals surface area contributed by atoms with E-state index in [4.69, 9.17) is 22.1 Å². The molecule has 0 fully saturated rings. The molecule has 0 bridgehead atoms. The monoisotopic (exact) mass is 262 g/mol. The molecule has 1 unspecified atom stereocenters. The Bertz CT molecular complexity index is 538. The van der Waals surface area contributed by atoms with Gasteiger partial charge < -0.3 is 10.5 Å². The smallest absolute Gasteiger partial charge is 0.146 e. The predicted molar refractivity (Wildman–Crippen MR) is 73.1 cm³/mol. The van der Waals surface area contributed by atoms with Crippen molar-refractivity contribution in [2.24, 2.45) is 5.73 Å². The summed E-state index contributed by atoms with van der Waals surface area (Å²) in [6.07, 6.45) is 1.67. The normalized spacial score (nSPS) is 12.2. The molecule has 94 valence electrons. The number of halogens is 1. The second kappa shape index (κ2) is 5.38. The quantitative estimate of drug-likeness (QED) is 0.914. The fraction of sp³-hybridized carbons (Fsp3) is 0.214. The highest BCUT2D eigenvalue weighted by molar-refractivity contribution is 6.32. The molecular weight excluding hydrogens is 248 g/mol. The molecule has 2 N–H and O–H groups in total. The van der Waals surface area contributed by atoms with Crippen molar-refractivity contribution in [3.8, 4) is 11.5 Å². The average molecular weight is 263 g/mol. The third-order valence-corrected chi connectivity index (χ3v) is 2.89. The molecule has 2 aromatic rings. The summed E-state index contributed by atoms with van der Waals surface area (Å²) in [5.74, 6) is 1.27. The Morgan fingerprint density at radius 2 is 2.06 bits per heavy atom. The zero-order valence-electron chi connectivity index (χ0n) is 10.4. The van der Waals surface area contributed by atoms with Crippen LogP contribution in [0.4, 0.5) is 0 Å². The van der Waals surface area contributed by atoms with Crippen LogP contribution in [0.1, 0.15) is 24.2 Å². The van der Waals surface area contributed by atoms with Crippen LogP contribution in [0.2, 0.25) is 5.02 Å². The number of aryl methyl sites for hydroxylation is 1. The van der Waals surface area contributed by atoms with E-state index >= 15 is 0 Å². The SMILES string of the molecule is Cc1ccc(Oc2ccc(C(C)N)cc2Cl)cn1. The lowest BCUT2D eigenvalue weighted by Crippen LogP contribution is -2.04. The number of pyridine rings is 1. The first-order valence-electron chi connectivity index (χ1n) is 5.72. The van der Waals surface area contributed by atoms with Crippen LogP contribution in [-0.4, -0.2) is 4.98 Å². The van der Waals surface area contributed by atoms with Gasteiger partial charge in [0.05, 0.1) is 11.2 Å². The second-order valence-corrected chi connectivity index (χ2v) is 4.62. The van der Waals surface area contributed by atoms with Crippen molar-refractivity contribution in [2.45, 2.75) is 19.9 Å². The zero-order chi connectivity index (χ0) is 13.1. The molecule has 4 heteroatoms. The van der Waals surface area contributed by atoms with Gasteiger partial charge in [-0.2, -0.15) is 0 Å². The maximum atomic E-state index is 6.15. The molecule has 0 spiro atoms. The zero-order valence-corrected chi connectivity index (χ0v) is 11.1. The Hall–Kier alpha value is -1.58. The molecule has 1 atom stereocenters. The summed E-state index contributed by atoms with van der Waals surface area (Å²) < 4.78 is 5.66. The maximum absolute atomic E-state index is 6.15. The van der Waals surface area contributed by atoms with E-state index in [0.717, 1.165) is 11.3 Å². The first-order chi connectivity index (χ1) is 8.56. The molecule has 1 aromatic heterocycles. The standard InChI is InChI=1S/C14H15ClN2O/c1-9-3-5-12(8-17-9)18-14-6-4-11(10(2)16)7-13(14)15/h3-8,10H,16H2,1-2H3. The largest absolute Gasteiger partial charge is 0.454 e. The van der Waals surface area contributed by atoms with Gasteiger partial charge in [-0.25, -0.2) is 0 Å². The summed E-state index contributed by atoms with van der Waals surface area (Å²) in [7, 11) is 0. The lowest BCUT2D eigenvalue weighted by molar-refractivity contribution is 0.480. The van der Waals surface area contributed by atoms with E-state index in [1.165, 1.54) is 0 Å². The van der Waals surface area contributed by atoms with Gasteiger partial charge in [0.1, 0.15) is 11.5 Å². The average Bonchev–Trinajstić information content (AvgIpc) is 2.34. The Labute approximate surface area is 112 Å². The summed E-state index contributed by atoms with van der Waals surface area (Å²) >= 11 is 6.15. The summed E-state index contributed by atoms with van der Waals surface area (Å²) in [5, 5.41) is 0.547. The van der Waals surface area contributed by atoms with Gasteiger partial charge >= 0.3 is 0 Å². The number of rotatable bonds is 3. The highest BCUT2D eigenvalue weighted by Gasteiger charge is 2.07. The van der Waals surface area contributed by atoms with E-state index in [0.29, 0.717) is 16.5 Å². The number of nitrogens with zero attached hydrogens (tertiary/aromatic N) is 1. The number of hydrogen-bond donors (Lipinski definition) is 1. The van der Waals surface area contributed by atoms with Crippen molar-refractivity contribution in [1.82, 2.24) is 4.98 Å². The van der Waals surface area contributed by atoms with Gasteiger partial charge in [-0.3, -0.25) is 4.98 Å². The van der Waals surface area contributed by atoms with Crippen molar-refractivity contribution in [1.29, 1.82) is 0 Å². The van der Waals surface area contributed by atoms with Gasteiger partial charge in [0, 0.05) is 11.7 Å². The molecule has 0 aliphatic heterocycles. The van der Waals surface area contributed by atoms with Gasteiger partial charge in [-0.1, -0.05) is 17.7 Å². The highest BCUT2D eigenvalue weighted by Crippen LogP contribution is 2.31. The number of aromatic nitrogens is 1. The van der Waals surface area contributed by atoms with Gasteiger partial charge in [0.25, 0.3) is 0 Å². The van der Waals surface area contributed by atoms with Crippen LogP contribution in [0, 0.1) is 6.92 Å². The van der Waals surface area contributed by atoms with Gasteiger partial charge in [-0.05, 0) is 43.7 Å². The van der Waals surface area contributed by atoms with Gasteiger partial charge in [0.2, 0.25) is 0 Å². The Morgan fingerprint density at radius 3 is 2.61 bits per heavy atom. The number of hydrogen-bond acceptors (Lipinski definition) is 3. The predicted octanol–water partition coefficient (Wildman–Crippen LogP) is 3.86. The Morgan fingerprint density at radius 1 is 1.28 bits per heavy atom. The number of ether oxygens (including phenoxy) is 1. The molecule has 0 saturated carbocycles. The molecule has 0 aliphatic carbocycles. The van der Waals surface area contributed by atoms with Crippen molar-refractivity contribution >= 4 is 11.6 Å². The van der Waals surface area contributed by atoms with Crippen molar-refractivity contribution in [3.63, 3.8) is 0 Å². The highest BCUT2D eigenvalue weighted by atomic mass is 35.5. The van der Waals surface area contributed by atoms with Crippen LogP contribution in [0.3, 0.4) is 0 Å². The van der Waals surface area contributed by atoms with E-state index < -0.39 is 0 Å². The van der Waals surface area contributed by atoms with Crippen LogP contribution >= 0.6 is 11.6 Å². The first-order valence-corrected chi connectivity index (χ1v) is 6.09.